The molecule has 0 aliphatic carbocycles. The van der Waals surface area contributed by atoms with Gasteiger partial charge in [0.25, 0.3) is 0 Å². The standard InChI is InChI=1S/C15H14BrFIN/c1-9-3-4-10(7-13(9)17)15(19-2)12-8-11(16)5-6-14(12)18/h3-8,15,19H,1-2H3. The molecule has 1 N–H and O–H groups in total. The van der Waals surface area contributed by atoms with Crippen molar-refractivity contribution >= 4 is 38.5 Å². The van der Waals surface area contributed by atoms with E-state index in [1.54, 1.807) is 13.0 Å². The molecule has 19 heavy (non-hydrogen) atoms. The largest absolute Gasteiger partial charge is 0.309 e. The van der Waals surface area contributed by atoms with Crippen LogP contribution in [0.25, 0.3) is 0 Å². The Balaban J connectivity index is 2.49. The fourth-order valence-electron chi connectivity index (χ4n) is 2.03. The van der Waals surface area contributed by atoms with Crippen LogP contribution in [0.3, 0.4) is 0 Å². The first-order chi connectivity index (χ1) is 9.02. The van der Waals surface area contributed by atoms with Gasteiger partial charge in [0.05, 0.1) is 6.04 Å². The molecule has 0 amide bonds. The minimum atomic E-state index is -0.164. The first-order valence-electron chi connectivity index (χ1n) is 5.91. The van der Waals surface area contributed by atoms with Crippen molar-refractivity contribution in [2.45, 2.75) is 13.0 Å². The number of rotatable bonds is 3. The molecule has 0 saturated heterocycles. The molecule has 2 aromatic rings. The monoisotopic (exact) mass is 433 g/mol. The predicted octanol–water partition coefficient (Wildman–Crippen LogP) is 4.81. The van der Waals surface area contributed by atoms with Crippen LogP contribution in [0.1, 0.15) is 22.7 Å². The van der Waals surface area contributed by atoms with Crippen LogP contribution in [0, 0.1) is 16.3 Å². The summed E-state index contributed by atoms with van der Waals surface area (Å²) < 4.78 is 15.9. The zero-order valence-electron chi connectivity index (χ0n) is 10.7. The molecule has 0 spiro atoms. The minimum Gasteiger partial charge on any atom is -0.309 e. The van der Waals surface area contributed by atoms with Crippen molar-refractivity contribution in [2.75, 3.05) is 7.05 Å². The van der Waals surface area contributed by atoms with Crippen LogP contribution in [-0.2, 0) is 0 Å². The number of halogens is 3. The van der Waals surface area contributed by atoms with E-state index in [1.165, 1.54) is 0 Å². The van der Waals surface area contributed by atoms with E-state index in [0.717, 1.165) is 19.2 Å². The maximum Gasteiger partial charge on any atom is 0.126 e. The van der Waals surface area contributed by atoms with Crippen molar-refractivity contribution in [1.29, 1.82) is 0 Å². The van der Waals surface area contributed by atoms with Crippen LogP contribution >= 0.6 is 38.5 Å². The Bertz CT molecular complexity index is 601. The summed E-state index contributed by atoms with van der Waals surface area (Å²) in [5.41, 5.74) is 2.74. The summed E-state index contributed by atoms with van der Waals surface area (Å²) in [7, 11) is 1.89. The van der Waals surface area contributed by atoms with Gasteiger partial charge in [-0.15, -0.1) is 0 Å². The smallest absolute Gasteiger partial charge is 0.126 e. The van der Waals surface area contributed by atoms with E-state index < -0.39 is 0 Å². The second-order valence-corrected chi connectivity index (χ2v) is 6.47. The molecule has 0 fully saturated rings. The minimum absolute atomic E-state index is 0.0144. The van der Waals surface area contributed by atoms with E-state index in [4.69, 9.17) is 0 Å². The molecular formula is C15H14BrFIN. The number of benzene rings is 2. The predicted molar refractivity (Wildman–Crippen MR) is 88.9 cm³/mol. The summed E-state index contributed by atoms with van der Waals surface area (Å²) in [6, 6.07) is 11.5. The van der Waals surface area contributed by atoms with Crippen LogP contribution in [-0.4, -0.2) is 7.05 Å². The van der Waals surface area contributed by atoms with E-state index in [9.17, 15) is 4.39 Å². The Kier molecular flexibility index (Phi) is 4.97. The molecular weight excluding hydrogens is 420 g/mol. The van der Waals surface area contributed by atoms with E-state index in [1.807, 2.05) is 25.2 Å². The lowest BCUT2D eigenvalue weighted by atomic mass is 9.98. The average molecular weight is 434 g/mol. The highest BCUT2D eigenvalue weighted by Gasteiger charge is 2.16. The molecule has 2 rings (SSSR count). The second-order valence-electron chi connectivity index (χ2n) is 4.40. The zero-order chi connectivity index (χ0) is 14.0. The van der Waals surface area contributed by atoms with E-state index in [0.29, 0.717) is 5.56 Å². The maximum absolute atomic E-state index is 13.7. The third-order valence-electron chi connectivity index (χ3n) is 3.09. The SMILES string of the molecule is CNC(c1ccc(C)c(F)c1)c1cc(Br)ccc1I. The van der Waals surface area contributed by atoms with Gasteiger partial charge in [-0.25, -0.2) is 4.39 Å². The average Bonchev–Trinajstić information content (AvgIpc) is 2.38. The van der Waals surface area contributed by atoms with Crippen LogP contribution < -0.4 is 5.32 Å². The summed E-state index contributed by atoms with van der Waals surface area (Å²) in [4.78, 5) is 0. The van der Waals surface area contributed by atoms with Gasteiger partial charge >= 0.3 is 0 Å². The van der Waals surface area contributed by atoms with Gasteiger partial charge in [0, 0.05) is 8.04 Å². The molecule has 1 nitrogen and oxygen atoms in total. The number of hydrogen-bond donors (Lipinski definition) is 1. The maximum atomic E-state index is 13.7. The van der Waals surface area contributed by atoms with Gasteiger partial charge in [-0.3, -0.25) is 0 Å². The molecule has 0 heterocycles. The summed E-state index contributed by atoms with van der Waals surface area (Å²) in [5, 5.41) is 3.26. The highest BCUT2D eigenvalue weighted by atomic mass is 127. The Hall–Kier alpha value is -0.460. The number of aryl methyl sites for hydroxylation is 1. The van der Waals surface area contributed by atoms with Gasteiger partial charge < -0.3 is 5.32 Å². The molecule has 2 aromatic carbocycles. The zero-order valence-corrected chi connectivity index (χ0v) is 14.4. The topological polar surface area (TPSA) is 12.0 Å². The normalized spacial score (nSPS) is 12.5. The van der Waals surface area contributed by atoms with E-state index in [2.05, 4.69) is 56.0 Å². The third-order valence-corrected chi connectivity index (χ3v) is 4.56. The number of nitrogens with one attached hydrogen (secondary N) is 1. The van der Waals surface area contributed by atoms with Crippen molar-refractivity contribution in [3.8, 4) is 0 Å². The molecule has 4 heteroatoms. The van der Waals surface area contributed by atoms with Crippen LogP contribution in [0.15, 0.2) is 40.9 Å². The summed E-state index contributed by atoms with van der Waals surface area (Å²) in [6.45, 7) is 1.77. The van der Waals surface area contributed by atoms with E-state index in [-0.39, 0.29) is 11.9 Å². The lowest BCUT2D eigenvalue weighted by Gasteiger charge is -2.19. The molecule has 0 radical (unpaired) electrons. The Morgan fingerprint density at radius 3 is 2.58 bits per heavy atom. The molecule has 0 saturated carbocycles. The van der Waals surface area contributed by atoms with Crippen molar-refractivity contribution < 1.29 is 4.39 Å². The van der Waals surface area contributed by atoms with Crippen molar-refractivity contribution in [3.63, 3.8) is 0 Å². The fraction of sp³-hybridized carbons (Fsp3) is 0.200. The molecule has 0 aliphatic rings. The molecule has 100 valence electrons. The van der Waals surface area contributed by atoms with Crippen molar-refractivity contribution in [3.05, 3.63) is 66.9 Å². The lowest BCUT2D eigenvalue weighted by Crippen LogP contribution is -2.19. The van der Waals surface area contributed by atoms with Gasteiger partial charge in [-0.1, -0.05) is 28.1 Å². The first kappa shape index (κ1) is 14.9. The van der Waals surface area contributed by atoms with Crippen LogP contribution in [0.5, 0.6) is 0 Å². The van der Waals surface area contributed by atoms with Gasteiger partial charge in [0.1, 0.15) is 5.82 Å². The summed E-state index contributed by atoms with van der Waals surface area (Å²) >= 11 is 5.79. The first-order valence-corrected chi connectivity index (χ1v) is 7.78. The number of hydrogen-bond acceptors (Lipinski definition) is 1. The Morgan fingerprint density at radius 2 is 1.95 bits per heavy atom. The van der Waals surface area contributed by atoms with Gasteiger partial charge in [0.15, 0.2) is 0 Å². The molecule has 0 aromatic heterocycles. The molecule has 0 bridgehead atoms. The lowest BCUT2D eigenvalue weighted by molar-refractivity contribution is 0.608. The quantitative estimate of drug-likeness (QED) is 0.685. The highest BCUT2D eigenvalue weighted by molar-refractivity contribution is 14.1. The Morgan fingerprint density at radius 1 is 1.21 bits per heavy atom. The fourth-order valence-corrected chi connectivity index (χ4v) is 3.05. The van der Waals surface area contributed by atoms with Crippen molar-refractivity contribution in [1.82, 2.24) is 5.32 Å². The molecule has 0 aliphatic heterocycles. The van der Waals surface area contributed by atoms with Crippen molar-refractivity contribution in [2.24, 2.45) is 0 Å². The second kappa shape index (κ2) is 6.33. The van der Waals surface area contributed by atoms with Crippen LogP contribution in [0.2, 0.25) is 0 Å². The van der Waals surface area contributed by atoms with Crippen LogP contribution in [0.4, 0.5) is 4.39 Å². The summed E-state index contributed by atoms with van der Waals surface area (Å²) in [6.07, 6.45) is 0. The van der Waals surface area contributed by atoms with Gasteiger partial charge in [-0.05, 0) is 77.5 Å². The third kappa shape index (κ3) is 3.35. The van der Waals surface area contributed by atoms with E-state index >= 15 is 0 Å². The molecule has 1 atom stereocenters. The summed E-state index contributed by atoms with van der Waals surface area (Å²) in [5.74, 6) is -0.164. The van der Waals surface area contributed by atoms with Gasteiger partial charge in [-0.2, -0.15) is 0 Å². The Labute approximate surface area is 134 Å². The van der Waals surface area contributed by atoms with Gasteiger partial charge in [0.2, 0.25) is 0 Å². The molecule has 1 unspecified atom stereocenters. The highest BCUT2D eigenvalue weighted by Crippen LogP contribution is 2.29.